The lowest BCUT2D eigenvalue weighted by Gasteiger charge is -2.40. The molecule has 1 atom stereocenters. The number of anilines is 1. The van der Waals surface area contributed by atoms with Crippen LogP contribution in [0.1, 0.15) is 44.0 Å². The maximum Gasteiger partial charge on any atom is 0.162 e. The van der Waals surface area contributed by atoms with Crippen molar-refractivity contribution >= 4 is 38.7 Å². The second-order valence-corrected chi connectivity index (χ2v) is 9.55. The van der Waals surface area contributed by atoms with Crippen LogP contribution in [0.5, 0.6) is 0 Å². The van der Waals surface area contributed by atoms with Gasteiger partial charge in [-0.05, 0) is 46.4 Å². The van der Waals surface area contributed by atoms with Crippen molar-refractivity contribution in [2.24, 2.45) is 5.41 Å². The Bertz CT molecular complexity index is 1410. The summed E-state index contributed by atoms with van der Waals surface area (Å²) in [5, 5.41) is 7.20. The molecule has 3 nitrogen and oxygen atoms in total. The van der Waals surface area contributed by atoms with Gasteiger partial charge in [0.05, 0.1) is 17.3 Å². The number of nitrogens with zero attached hydrogens (tertiary/aromatic N) is 1. The summed E-state index contributed by atoms with van der Waals surface area (Å²) in [4.78, 5) is 18.5. The van der Waals surface area contributed by atoms with E-state index in [9.17, 15) is 4.79 Å². The third kappa shape index (κ3) is 2.88. The fourth-order valence-corrected chi connectivity index (χ4v) is 5.30. The minimum absolute atomic E-state index is 0.0527. The maximum atomic E-state index is 13.5. The number of aromatic nitrogens is 1. The third-order valence-corrected chi connectivity index (χ3v) is 6.66. The highest BCUT2D eigenvalue weighted by Crippen LogP contribution is 2.51. The molecule has 3 aromatic carbocycles. The molecule has 1 unspecified atom stereocenters. The molecule has 0 amide bonds. The van der Waals surface area contributed by atoms with Crippen molar-refractivity contribution in [1.82, 2.24) is 4.98 Å². The first-order chi connectivity index (χ1) is 15.0. The summed E-state index contributed by atoms with van der Waals surface area (Å²) in [6.07, 6.45) is 1.46. The highest BCUT2D eigenvalue weighted by molar-refractivity contribution is 6.12. The van der Waals surface area contributed by atoms with Gasteiger partial charge in [-0.2, -0.15) is 0 Å². The molecule has 0 saturated heterocycles. The van der Waals surface area contributed by atoms with Gasteiger partial charge >= 0.3 is 0 Å². The molecule has 1 N–H and O–H groups in total. The lowest BCUT2D eigenvalue weighted by Crippen LogP contribution is -2.33. The molecule has 2 heterocycles. The Kier molecular flexibility index (Phi) is 3.85. The molecule has 3 heteroatoms. The molecular weight excluding hydrogens is 380 g/mol. The monoisotopic (exact) mass is 404 g/mol. The summed E-state index contributed by atoms with van der Waals surface area (Å²) in [6, 6.07) is 24.8. The van der Waals surface area contributed by atoms with Crippen molar-refractivity contribution in [2.45, 2.75) is 32.7 Å². The van der Waals surface area contributed by atoms with Crippen molar-refractivity contribution < 1.29 is 4.79 Å². The van der Waals surface area contributed by atoms with E-state index in [-0.39, 0.29) is 17.2 Å². The minimum Gasteiger partial charge on any atom is -0.372 e. The van der Waals surface area contributed by atoms with E-state index in [4.69, 9.17) is 4.98 Å². The number of ketones is 1. The molecule has 1 aliphatic carbocycles. The van der Waals surface area contributed by atoms with Crippen LogP contribution in [0.4, 0.5) is 5.69 Å². The first-order valence-electron chi connectivity index (χ1n) is 10.9. The lowest BCUT2D eigenvalue weighted by atomic mass is 9.68. The third-order valence-electron chi connectivity index (χ3n) is 6.66. The van der Waals surface area contributed by atoms with Crippen molar-refractivity contribution in [3.8, 4) is 0 Å². The average Bonchev–Trinajstić information content (AvgIpc) is 2.77. The van der Waals surface area contributed by atoms with E-state index in [1.165, 1.54) is 21.9 Å². The van der Waals surface area contributed by atoms with Crippen LogP contribution in [0, 0.1) is 5.41 Å². The van der Waals surface area contributed by atoms with Gasteiger partial charge in [0, 0.05) is 28.6 Å². The van der Waals surface area contributed by atoms with Crippen molar-refractivity contribution in [1.29, 1.82) is 0 Å². The second kappa shape index (κ2) is 6.52. The highest BCUT2D eigenvalue weighted by atomic mass is 16.1. The number of hydrogen-bond donors (Lipinski definition) is 1. The number of carbonyl (C=O) groups excluding carboxylic acids is 1. The molecule has 0 radical (unpaired) electrons. The number of pyridine rings is 1. The van der Waals surface area contributed by atoms with E-state index in [2.05, 4.69) is 73.8 Å². The van der Waals surface area contributed by atoms with Crippen LogP contribution in [0.2, 0.25) is 0 Å². The Labute approximate surface area is 181 Å². The number of fused-ring (bicyclic) bond motifs is 5. The van der Waals surface area contributed by atoms with E-state index in [1.54, 1.807) is 0 Å². The summed E-state index contributed by atoms with van der Waals surface area (Å²) in [5.41, 5.74) is 6.16. The van der Waals surface area contributed by atoms with Gasteiger partial charge in [0.1, 0.15) is 0 Å². The summed E-state index contributed by atoms with van der Waals surface area (Å²) in [7, 11) is 0. The van der Waals surface area contributed by atoms with Crippen LogP contribution in [0.3, 0.4) is 0 Å². The second-order valence-electron chi connectivity index (χ2n) is 9.55. The summed E-state index contributed by atoms with van der Waals surface area (Å²) in [5.74, 6) is 0.234. The number of hydrogen-bond acceptors (Lipinski definition) is 3. The van der Waals surface area contributed by atoms with Gasteiger partial charge in [-0.25, -0.2) is 0 Å². The van der Waals surface area contributed by atoms with E-state index >= 15 is 0 Å². The predicted molar refractivity (Wildman–Crippen MR) is 127 cm³/mol. The Morgan fingerprint density at radius 1 is 0.871 bits per heavy atom. The van der Waals surface area contributed by atoms with Crippen LogP contribution >= 0.6 is 0 Å². The zero-order valence-electron chi connectivity index (χ0n) is 17.8. The molecule has 2 aliphatic rings. The van der Waals surface area contributed by atoms with Crippen LogP contribution < -0.4 is 5.32 Å². The van der Waals surface area contributed by atoms with Crippen molar-refractivity contribution in [3.63, 3.8) is 0 Å². The van der Waals surface area contributed by atoms with Crippen LogP contribution in [-0.4, -0.2) is 10.8 Å². The number of nitrogens with one attached hydrogen (secondary N) is 1. The van der Waals surface area contributed by atoms with Crippen LogP contribution in [-0.2, 0) is 4.79 Å². The molecule has 31 heavy (non-hydrogen) atoms. The number of rotatable bonds is 1. The number of allylic oxidation sites excluding steroid dienone is 1. The summed E-state index contributed by atoms with van der Waals surface area (Å²) in [6.45, 7) is 4.40. The van der Waals surface area contributed by atoms with Crippen LogP contribution in [0.25, 0.3) is 27.2 Å². The molecule has 0 saturated carbocycles. The first kappa shape index (κ1) is 18.3. The SMILES string of the molecule is CC1(C)CC(=O)C2=C(C1)c1c(ccc3ccccc13)NC2c1ccc2ccccc2n1. The van der Waals surface area contributed by atoms with Crippen molar-refractivity contribution in [2.75, 3.05) is 5.32 Å². The molecule has 0 fully saturated rings. The molecule has 152 valence electrons. The topological polar surface area (TPSA) is 42.0 Å². The van der Waals surface area contributed by atoms with E-state index in [0.29, 0.717) is 6.42 Å². The molecule has 6 rings (SSSR count). The standard InChI is InChI=1S/C28H24N2O/c1-28(2)15-20-25-19-9-5-3-7-17(19)11-13-22(25)30-27(26(20)24(31)16-28)23-14-12-18-8-4-6-10-21(18)29-23/h3-14,27,30H,15-16H2,1-2H3. The van der Waals surface area contributed by atoms with Crippen molar-refractivity contribution in [3.05, 3.63) is 89.6 Å². The van der Waals surface area contributed by atoms with Gasteiger partial charge < -0.3 is 5.32 Å². The summed E-state index contributed by atoms with van der Waals surface area (Å²) >= 11 is 0. The Balaban J connectivity index is 1.62. The molecule has 1 aliphatic heterocycles. The maximum absolute atomic E-state index is 13.5. The molecule has 4 aromatic rings. The summed E-state index contributed by atoms with van der Waals surface area (Å²) < 4.78 is 0. The van der Waals surface area contributed by atoms with Crippen LogP contribution in [0.15, 0.2) is 78.4 Å². The zero-order chi connectivity index (χ0) is 21.2. The minimum atomic E-state index is -0.225. The van der Waals surface area contributed by atoms with Gasteiger partial charge in [-0.15, -0.1) is 0 Å². The number of Topliss-reactive ketones (excluding diaryl/α,β-unsaturated/α-hetero) is 1. The lowest BCUT2D eigenvalue weighted by molar-refractivity contribution is -0.118. The largest absolute Gasteiger partial charge is 0.372 e. The first-order valence-corrected chi connectivity index (χ1v) is 10.9. The van der Waals surface area contributed by atoms with Gasteiger partial charge in [-0.3, -0.25) is 9.78 Å². The molecular formula is C28H24N2O. The van der Waals surface area contributed by atoms with Gasteiger partial charge in [0.2, 0.25) is 0 Å². The molecule has 1 aromatic heterocycles. The smallest absolute Gasteiger partial charge is 0.162 e. The number of para-hydroxylation sites is 1. The van der Waals surface area contributed by atoms with Gasteiger partial charge in [0.15, 0.2) is 5.78 Å². The van der Waals surface area contributed by atoms with E-state index in [0.717, 1.165) is 34.3 Å². The average molecular weight is 405 g/mol. The fraction of sp³-hybridized carbons (Fsp3) is 0.214. The predicted octanol–water partition coefficient (Wildman–Crippen LogP) is 6.70. The Morgan fingerprint density at radius 3 is 2.48 bits per heavy atom. The normalized spacial score (nSPS) is 19.8. The quantitative estimate of drug-likeness (QED) is 0.384. The van der Waals surface area contributed by atoms with E-state index in [1.807, 2.05) is 18.2 Å². The van der Waals surface area contributed by atoms with Gasteiger partial charge in [0.25, 0.3) is 0 Å². The van der Waals surface area contributed by atoms with E-state index < -0.39 is 0 Å². The molecule has 0 spiro atoms. The Morgan fingerprint density at radius 2 is 1.61 bits per heavy atom. The highest BCUT2D eigenvalue weighted by Gasteiger charge is 2.41. The zero-order valence-corrected chi connectivity index (χ0v) is 17.8. The molecule has 0 bridgehead atoms. The Hall–Kier alpha value is -3.46. The van der Waals surface area contributed by atoms with Gasteiger partial charge in [-0.1, -0.05) is 68.4 Å². The number of benzene rings is 3. The number of carbonyl (C=O) groups is 1. The fourth-order valence-electron chi connectivity index (χ4n) is 5.30.